The molecule has 0 radical (unpaired) electrons. The molecule has 1 rings (SSSR count). The predicted molar refractivity (Wildman–Crippen MR) is 57.6 cm³/mol. The molecular formula is C12H15NO. The average molecular weight is 189 g/mol. The lowest BCUT2D eigenvalue weighted by atomic mass is 10.1. The Morgan fingerprint density at radius 3 is 2.79 bits per heavy atom. The molecule has 0 saturated heterocycles. The van der Waals surface area contributed by atoms with Gasteiger partial charge in [0.25, 0.3) is 0 Å². The Kier molecular flexibility index (Phi) is 4.15. The van der Waals surface area contributed by atoms with E-state index in [1.165, 1.54) is 5.56 Å². The van der Waals surface area contributed by atoms with Crippen molar-refractivity contribution in [2.24, 2.45) is 0 Å². The quantitative estimate of drug-likeness (QED) is 0.524. The largest absolute Gasteiger partial charge is 0.385 e. The summed E-state index contributed by atoms with van der Waals surface area (Å²) in [5.41, 5.74) is 3.10. The first-order chi connectivity index (χ1) is 6.77. The van der Waals surface area contributed by atoms with Gasteiger partial charge in [-0.3, -0.25) is 0 Å². The lowest BCUT2D eigenvalue weighted by molar-refractivity contribution is 0.195. The molecule has 1 aromatic carbocycles. The topological polar surface area (TPSA) is 13.6 Å². The van der Waals surface area contributed by atoms with Gasteiger partial charge in [0.1, 0.15) is 0 Å². The number of ether oxygens (including phenoxy) is 1. The van der Waals surface area contributed by atoms with Crippen LogP contribution in [-0.4, -0.2) is 13.7 Å². The maximum Gasteiger partial charge on any atom is 0.190 e. The summed E-state index contributed by atoms with van der Waals surface area (Å²) in [6.07, 6.45) is 2.06. The first-order valence-electron chi connectivity index (χ1n) is 4.74. The second kappa shape index (κ2) is 5.41. The third-order valence-electron chi connectivity index (χ3n) is 2.20. The van der Waals surface area contributed by atoms with Gasteiger partial charge in [-0.2, -0.15) is 0 Å². The van der Waals surface area contributed by atoms with Crippen molar-refractivity contribution in [1.29, 1.82) is 0 Å². The summed E-state index contributed by atoms with van der Waals surface area (Å²) in [7, 11) is 1.72. The van der Waals surface area contributed by atoms with Crippen LogP contribution in [0.25, 0.3) is 4.85 Å². The third kappa shape index (κ3) is 2.86. The summed E-state index contributed by atoms with van der Waals surface area (Å²) in [5, 5.41) is 0. The Morgan fingerprint density at radius 1 is 1.43 bits per heavy atom. The molecule has 0 aliphatic heterocycles. The summed E-state index contributed by atoms with van der Waals surface area (Å²) in [6, 6.07) is 6.00. The number of aryl methyl sites for hydroxylation is 2. The van der Waals surface area contributed by atoms with Crippen LogP contribution in [0.15, 0.2) is 18.2 Å². The third-order valence-corrected chi connectivity index (χ3v) is 2.20. The fourth-order valence-corrected chi connectivity index (χ4v) is 1.42. The predicted octanol–water partition coefficient (Wildman–Crippen LogP) is 3.12. The number of hydrogen-bond donors (Lipinski definition) is 0. The van der Waals surface area contributed by atoms with Crippen molar-refractivity contribution in [2.75, 3.05) is 13.7 Å². The van der Waals surface area contributed by atoms with E-state index in [1.807, 2.05) is 19.1 Å². The van der Waals surface area contributed by atoms with Crippen molar-refractivity contribution < 1.29 is 4.74 Å². The van der Waals surface area contributed by atoms with Gasteiger partial charge in [0.05, 0.1) is 6.57 Å². The maximum absolute atomic E-state index is 6.93. The van der Waals surface area contributed by atoms with E-state index in [2.05, 4.69) is 10.9 Å². The van der Waals surface area contributed by atoms with Gasteiger partial charge < -0.3 is 4.74 Å². The monoisotopic (exact) mass is 189 g/mol. The van der Waals surface area contributed by atoms with Gasteiger partial charge in [0, 0.05) is 13.7 Å². The molecule has 0 atom stereocenters. The fraction of sp³-hybridized carbons (Fsp3) is 0.417. The van der Waals surface area contributed by atoms with Crippen LogP contribution in [0.2, 0.25) is 0 Å². The van der Waals surface area contributed by atoms with E-state index < -0.39 is 0 Å². The van der Waals surface area contributed by atoms with E-state index in [9.17, 15) is 0 Å². The molecule has 0 aliphatic carbocycles. The van der Waals surface area contributed by atoms with Gasteiger partial charge in [-0.05, 0) is 25.3 Å². The van der Waals surface area contributed by atoms with E-state index in [4.69, 9.17) is 11.3 Å². The van der Waals surface area contributed by atoms with E-state index in [1.54, 1.807) is 7.11 Å². The van der Waals surface area contributed by atoms with Crippen LogP contribution < -0.4 is 0 Å². The second-order valence-corrected chi connectivity index (χ2v) is 3.33. The molecule has 0 N–H and O–H groups in total. The van der Waals surface area contributed by atoms with Crippen LogP contribution in [0, 0.1) is 13.5 Å². The Balaban J connectivity index is 2.63. The van der Waals surface area contributed by atoms with E-state index >= 15 is 0 Å². The molecule has 14 heavy (non-hydrogen) atoms. The van der Waals surface area contributed by atoms with Crippen LogP contribution in [-0.2, 0) is 11.2 Å². The molecule has 74 valence electrons. The summed E-state index contributed by atoms with van der Waals surface area (Å²) in [5.74, 6) is 0. The zero-order valence-electron chi connectivity index (χ0n) is 8.71. The highest BCUT2D eigenvalue weighted by molar-refractivity contribution is 5.52. The molecule has 0 aromatic heterocycles. The zero-order chi connectivity index (χ0) is 10.4. The molecule has 0 amide bonds. The standard InChI is InChI=1S/C12H15NO/c1-10-9-11(5-4-8-14-3)6-7-12(10)13-2/h6-7,9H,4-5,8H2,1,3H3. The van der Waals surface area contributed by atoms with E-state index in [-0.39, 0.29) is 0 Å². The molecule has 0 spiro atoms. The van der Waals surface area contributed by atoms with Crippen molar-refractivity contribution in [3.8, 4) is 0 Å². The van der Waals surface area contributed by atoms with E-state index in [0.29, 0.717) is 0 Å². The van der Waals surface area contributed by atoms with Crippen LogP contribution >= 0.6 is 0 Å². The highest BCUT2D eigenvalue weighted by atomic mass is 16.5. The smallest absolute Gasteiger partial charge is 0.190 e. The second-order valence-electron chi connectivity index (χ2n) is 3.33. The molecule has 0 unspecified atom stereocenters. The molecule has 2 nitrogen and oxygen atoms in total. The molecule has 0 bridgehead atoms. The Hall–Kier alpha value is -1.33. The van der Waals surface area contributed by atoms with Gasteiger partial charge in [-0.1, -0.05) is 23.8 Å². The number of benzene rings is 1. The van der Waals surface area contributed by atoms with Gasteiger partial charge in [0.2, 0.25) is 0 Å². The highest BCUT2D eigenvalue weighted by Gasteiger charge is 1.98. The minimum atomic E-state index is 0.750. The van der Waals surface area contributed by atoms with Crippen molar-refractivity contribution in [3.05, 3.63) is 40.7 Å². The van der Waals surface area contributed by atoms with Crippen LogP contribution in [0.1, 0.15) is 17.5 Å². The Morgan fingerprint density at radius 2 is 2.21 bits per heavy atom. The molecule has 2 heteroatoms. The van der Waals surface area contributed by atoms with Crippen LogP contribution in [0.3, 0.4) is 0 Å². The van der Waals surface area contributed by atoms with Gasteiger partial charge in [-0.25, -0.2) is 4.85 Å². The molecule has 0 fully saturated rings. The maximum atomic E-state index is 6.93. The van der Waals surface area contributed by atoms with Crippen molar-refractivity contribution >= 4 is 5.69 Å². The number of methoxy groups -OCH3 is 1. The van der Waals surface area contributed by atoms with Gasteiger partial charge in [-0.15, -0.1) is 0 Å². The minimum absolute atomic E-state index is 0.750. The SMILES string of the molecule is [C-]#[N+]c1ccc(CCCOC)cc1C. The van der Waals surface area contributed by atoms with Crippen LogP contribution in [0.5, 0.6) is 0 Å². The highest BCUT2D eigenvalue weighted by Crippen LogP contribution is 2.20. The van der Waals surface area contributed by atoms with E-state index in [0.717, 1.165) is 30.7 Å². The minimum Gasteiger partial charge on any atom is -0.385 e. The molecule has 0 heterocycles. The number of hydrogen-bond acceptors (Lipinski definition) is 1. The Bertz CT molecular complexity index is 339. The van der Waals surface area contributed by atoms with Crippen molar-refractivity contribution in [1.82, 2.24) is 0 Å². The number of rotatable bonds is 4. The lowest BCUT2D eigenvalue weighted by Gasteiger charge is -2.03. The molecule has 1 aromatic rings. The number of nitrogens with zero attached hydrogens (tertiary/aromatic N) is 1. The summed E-state index contributed by atoms with van der Waals surface area (Å²) < 4.78 is 4.99. The first-order valence-corrected chi connectivity index (χ1v) is 4.74. The summed E-state index contributed by atoms with van der Waals surface area (Å²) in [4.78, 5) is 3.43. The first kappa shape index (κ1) is 10.7. The van der Waals surface area contributed by atoms with Crippen molar-refractivity contribution in [2.45, 2.75) is 19.8 Å². The molecule has 0 aliphatic rings. The normalized spacial score (nSPS) is 9.79. The van der Waals surface area contributed by atoms with Crippen LogP contribution in [0.4, 0.5) is 5.69 Å². The van der Waals surface area contributed by atoms with Crippen molar-refractivity contribution in [3.63, 3.8) is 0 Å². The Labute approximate surface area is 85.3 Å². The summed E-state index contributed by atoms with van der Waals surface area (Å²) >= 11 is 0. The zero-order valence-corrected chi connectivity index (χ0v) is 8.71. The average Bonchev–Trinajstić information content (AvgIpc) is 2.18. The molecule has 0 saturated carbocycles. The van der Waals surface area contributed by atoms with Gasteiger partial charge in [0.15, 0.2) is 5.69 Å². The van der Waals surface area contributed by atoms with Gasteiger partial charge >= 0.3 is 0 Å². The lowest BCUT2D eigenvalue weighted by Crippen LogP contribution is -1.92. The summed E-state index contributed by atoms with van der Waals surface area (Å²) in [6.45, 7) is 9.70. The molecular weight excluding hydrogens is 174 g/mol. The fourth-order valence-electron chi connectivity index (χ4n) is 1.42.